The first-order chi connectivity index (χ1) is 5.65. The topological polar surface area (TPSA) is 52.3 Å². The summed E-state index contributed by atoms with van der Waals surface area (Å²) in [5.74, 6) is -0.413. The Hall–Kier alpha value is -0.390. The van der Waals surface area contributed by atoms with E-state index in [1.807, 2.05) is 11.4 Å². The Kier molecular flexibility index (Phi) is 3.25. The standard InChI is InChI=1S/C7H8BrNO2S/c1-11-7(10)6(9)5-2-4(8)3-12-5/h2-3,6H,9H2,1H3. The fourth-order valence-corrected chi connectivity index (χ4v) is 2.17. The lowest BCUT2D eigenvalue weighted by molar-refractivity contribution is -0.142. The maximum absolute atomic E-state index is 11.0. The molecule has 0 aromatic carbocycles. The van der Waals surface area contributed by atoms with Crippen LogP contribution in [0.3, 0.4) is 0 Å². The summed E-state index contributed by atoms with van der Waals surface area (Å²) in [5, 5.41) is 1.87. The van der Waals surface area contributed by atoms with E-state index in [0.717, 1.165) is 9.35 Å². The summed E-state index contributed by atoms with van der Waals surface area (Å²) >= 11 is 4.70. The van der Waals surface area contributed by atoms with Gasteiger partial charge in [-0.25, -0.2) is 4.79 Å². The summed E-state index contributed by atoms with van der Waals surface area (Å²) in [4.78, 5) is 11.8. The lowest BCUT2D eigenvalue weighted by Gasteiger charge is -2.05. The Bertz CT molecular complexity index is 287. The molecule has 66 valence electrons. The van der Waals surface area contributed by atoms with E-state index >= 15 is 0 Å². The van der Waals surface area contributed by atoms with E-state index in [2.05, 4.69) is 20.7 Å². The van der Waals surface area contributed by atoms with Crippen LogP contribution in [0, 0.1) is 0 Å². The van der Waals surface area contributed by atoms with E-state index in [0.29, 0.717) is 0 Å². The highest BCUT2D eigenvalue weighted by atomic mass is 79.9. The van der Waals surface area contributed by atoms with Crippen LogP contribution in [-0.4, -0.2) is 13.1 Å². The number of methoxy groups -OCH3 is 1. The number of esters is 1. The third-order valence-corrected chi connectivity index (χ3v) is 3.13. The number of nitrogens with two attached hydrogens (primary N) is 1. The van der Waals surface area contributed by atoms with Crippen LogP contribution in [0.1, 0.15) is 10.9 Å². The zero-order valence-electron chi connectivity index (χ0n) is 6.41. The summed E-state index contributed by atoms with van der Waals surface area (Å²) in [7, 11) is 1.32. The van der Waals surface area contributed by atoms with Crippen molar-refractivity contribution in [3.05, 3.63) is 20.8 Å². The molecule has 0 fully saturated rings. The Labute approximate surface area is 82.6 Å². The highest BCUT2D eigenvalue weighted by Crippen LogP contribution is 2.24. The fraction of sp³-hybridized carbons (Fsp3) is 0.286. The number of rotatable bonds is 2. The molecule has 2 N–H and O–H groups in total. The van der Waals surface area contributed by atoms with Crippen molar-refractivity contribution in [2.75, 3.05) is 7.11 Å². The Morgan fingerprint density at radius 3 is 2.92 bits per heavy atom. The average molecular weight is 250 g/mol. The van der Waals surface area contributed by atoms with Gasteiger partial charge < -0.3 is 10.5 Å². The maximum atomic E-state index is 11.0. The third-order valence-electron chi connectivity index (χ3n) is 1.35. The van der Waals surface area contributed by atoms with Crippen molar-refractivity contribution in [2.24, 2.45) is 5.73 Å². The van der Waals surface area contributed by atoms with Crippen LogP contribution in [0.4, 0.5) is 0 Å². The molecule has 0 radical (unpaired) electrons. The molecule has 1 heterocycles. The molecule has 3 nitrogen and oxygen atoms in total. The predicted molar refractivity (Wildman–Crippen MR) is 51.0 cm³/mol. The molecular formula is C7H8BrNO2S. The number of ether oxygens (including phenoxy) is 1. The van der Waals surface area contributed by atoms with Gasteiger partial charge in [0.1, 0.15) is 6.04 Å². The lowest BCUT2D eigenvalue weighted by atomic mass is 10.3. The van der Waals surface area contributed by atoms with Crippen LogP contribution >= 0.6 is 27.3 Å². The second-order valence-electron chi connectivity index (χ2n) is 2.17. The number of hydrogen-bond acceptors (Lipinski definition) is 4. The van der Waals surface area contributed by atoms with Crippen molar-refractivity contribution in [3.63, 3.8) is 0 Å². The van der Waals surface area contributed by atoms with Gasteiger partial charge in [0.25, 0.3) is 0 Å². The zero-order valence-corrected chi connectivity index (χ0v) is 8.81. The van der Waals surface area contributed by atoms with Crippen molar-refractivity contribution in [2.45, 2.75) is 6.04 Å². The summed E-state index contributed by atoms with van der Waals surface area (Å²) in [6.07, 6.45) is 0. The Morgan fingerprint density at radius 2 is 2.50 bits per heavy atom. The molecule has 0 aliphatic carbocycles. The second-order valence-corrected chi connectivity index (χ2v) is 4.03. The molecule has 1 unspecified atom stereocenters. The lowest BCUT2D eigenvalue weighted by Crippen LogP contribution is -2.21. The van der Waals surface area contributed by atoms with Gasteiger partial charge in [-0.3, -0.25) is 0 Å². The SMILES string of the molecule is COC(=O)C(N)c1cc(Br)cs1. The number of thiophene rings is 1. The molecule has 0 aliphatic rings. The highest BCUT2D eigenvalue weighted by Gasteiger charge is 2.17. The molecular weight excluding hydrogens is 242 g/mol. The van der Waals surface area contributed by atoms with Crippen LogP contribution < -0.4 is 5.73 Å². The fourth-order valence-electron chi connectivity index (χ4n) is 0.734. The van der Waals surface area contributed by atoms with Crippen LogP contribution in [0.5, 0.6) is 0 Å². The summed E-state index contributed by atoms with van der Waals surface area (Å²) in [6, 6.07) is 1.15. The van der Waals surface area contributed by atoms with Gasteiger partial charge >= 0.3 is 5.97 Å². The van der Waals surface area contributed by atoms with Gasteiger partial charge in [-0.2, -0.15) is 0 Å². The minimum absolute atomic E-state index is 0.413. The van der Waals surface area contributed by atoms with Crippen LogP contribution in [-0.2, 0) is 9.53 Å². The number of carbonyl (C=O) groups excluding carboxylic acids is 1. The van der Waals surface area contributed by atoms with Crippen molar-refractivity contribution >= 4 is 33.2 Å². The molecule has 0 saturated carbocycles. The molecule has 0 spiro atoms. The predicted octanol–water partition coefficient (Wildman–Crippen LogP) is 1.68. The largest absolute Gasteiger partial charge is 0.468 e. The van der Waals surface area contributed by atoms with E-state index in [1.165, 1.54) is 18.4 Å². The van der Waals surface area contributed by atoms with E-state index in [-0.39, 0.29) is 0 Å². The summed E-state index contributed by atoms with van der Waals surface area (Å²) in [6.45, 7) is 0. The molecule has 12 heavy (non-hydrogen) atoms. The number of hydrogen-bond donors (Lipinski definition) is 1. The average Bonchev–Trinajstić information content (AvgIpc) is 2.49. The van der Waals surface area contributed by atoms with Gasteiger partial charge in [-0.15, -0.1) is 11.3 Å². The Morgan fingerprint density at radius 1 is 1.83 bits per heavy atom. The second kappa shape index (κ2) is 4.02. The first-order valence-electron chi connectivity index (χ1n) is 3.22. The van der Waals surface area contributed by atoms with Crippen molar-refractivity contribution in [1.82, 2.24) is 0 Å². The van der Waals surface area contributed by atoms with Crippen molar-refractivity contribution < 1.29 is 9.53 Å². The first-order valence-corrected chi connectivity index (χ1v) is 4.89. The van der Waals surface area contributed by atoms with Gasteiger partial charge in [-0.1, -0.05) is 0 Å². The van der Waals surface area contributed by atoms with Gasteiger partial charge in [0.15, 0.2) is 0 Å². The molecule has 1 aromatic rings. The molecule has 1 aromatic heterocycles. The van der Waals surface area contributed by atoms with Gasteiger partial charge in [0.05, 0.1) is 7.11 Å². The van der Waals surface area contributed by atoms with Crippen molar-refractivity contribution in [3.8, 4) is 0 Å². The van der Waals surface area contributed by atoms with Crippen LogP contribution in [0.25, 0.3) is 0 Å². The smallest absolute Gasteiger partial charge is 0.328 e. The quantitative estimate of drug-likeness (QED) is 0.812. The maximum Gasteiger partial charge on any atom is 0.328 e. The van der Waals surface area contributed by atoms with Gasteiger partial charge in [-0.05, 0) is 22.0 Å². The normalized spacial score (nSPS) is 12.6. The first kappa shape index (κ1) is 9.70. The minimum Gasteiger partial charge on any atom is -0.468 e. The van der Waals surface area contributed by atoms with Crippen molar-refractivity contribution in [1.29, 1.82) is 0 Å². The highest BCUT2D eigenvalue weighted by molar-refractivity contribution is 9.10. The number of carbonyl (C=O) groups is 1. The van der Waals surface area contributed by atoms with E-state index in [1.54, 1.807) is 0 Å². The zero-order chi connectivity index (χ0) is 9.14. The molecule has 0 bridgehead atoms. The van der Waals surface area contributed by atoms with E-state index < -0.39 is 12.0 Å². The monoisotopic (exact) mass is 249 g/mol. The Balaban J connectivity index is 2.77. The summed E-state index contributed by atoms with van der Waals surface area (Å²) in [5.41, 5.74) is 5.58. The molecule has 1 rings (SSSR count). The van der Waals surface area contributed by atoms with Crippen LogP contribution in [0.2, 0.25) is 0 Å². The molecule has 5 heteroatoms. The molecule has 0 aliphatic heterocycles. The minimum atomic E-state index is -0.661. The van der Waals surface area contributed by atoms with Gasteiger partial charge in [0, 0.05) is 14.7 Å². The van der Waals surface area contributed by atoms with Gasteiger partial charge in [0.2, 0.25) is 0 Å². The van der Waals surface area contributed by atoms with E-state index in [4.69, 9.17) is 5.73 Å². The molecule has 0 saturated heterocycles. The molecule has 1 atom stereocenters. The molecule has 0 amide bonds. The van der Waals surface area contributed by atoms with Crippen LogP contribution in [0.15, 0.2) is 15.9 Å². The summed E-state index contributed by atoms with van der Waals surface area (Å²) < 4.78 is 5.44. The number of halogens is 1. The third kappa shape index (κ3) is 2.06. The van der Waals surface area contributed by atoms with E-state index in [9.17, 15) is 4.79 Å².